The average molecular weight is 319 g/mol. The quantitative estimate of drug-likeness (QED) is 0.607. The van der Waals surface area contributed by atoms with Crippen molar-refractivity contribution in [2.45, 2.75) is 6.92 Å². The van der Waals surface area contributed by atoms with Gasteiger partial charge in [0.25, 0.3) is 5.56 Å². The molecule has 4 aromatic rings. The van der Waals surface area contributed by atoms with Gasteiger partial charge >= 0.3 is 0 Å². The highest BCUT2D eigenvalue weighted by Gasteiger charge is 2.15. The highest BCUT2D eigenvalue weighted by molar-refractivity contribution is 7.22. The number of aromatic nitrogens is 3. The number of hydrogen-bond acceptors (Lipinski definition) is 4. The van der Waals surface area contributed by atoms with Crippen molar-refractivity contribution in [3.63, 3.8) is 0 Å². The minimum absolute atomic E-state index is 0.107. The Kier molecular flexibility index (Phi) is 3.28. The molecule has 0 radical (unpaired) electrons. The molecule has 0 amide bonds. The summed E-state index contributed by atoms with van der Waals surface area (Å²) in [4.78, 5) is 26.0. The van der Waals surface area contributed by atoms with Gasteiger partial charge in [0.2, 0.25) is 0 Å². The van der Waals surface area contributed by atoms with Gasteiger partial charge < -0.3 is 4.98 Å². The van der Waals surface area contributed by atoms with Crippen LogP contribution in [0.4, 0.5) is 0 Å². The molecule has 4 nitrogen and oxygen atoms in total. The molecule has 0 unspecified atom stereocenters. The highest BCUT2D eigenvalue weighted by Crippen LogP contribution is 2.35. The lowest BCUT2D eigenvalue weighted by molar-refractivity contribution is 1.17. The van der Waals surface area contributed by atoms with E-state index in [1.807, 2.05) is 49.4 Å². The van der Waals surface area contributed by atoms with Crippen molar-refractivity contribution in [1.82, 2.24) is 15.0 Å². The Morgan fingerprint density at radius 1 is 1.04 bits per heavy atom. The first-order chi connectivity index (χ1) is 11.2. The van der Waals surface area contributed by atoms with Crippen LogP contribution < -0.4 is 5.56 Å². The van der Waals surface area contributed by atoms with Gasteiger partial charge in [-0.25, -0.2) is 4.98 Å². The highest BCUT2D eigenvalue weighted by atomic mass is 32.1. The standard InChI is InChI=1S/C18H13N3OS/c1-11-14-17(22)20-16(13-8-5-9-19-10-13)21-18(14)23-15(11)12-6-3-2-4-7-12/h2-10H,1H3,(H,20,21,22). The SMILES string of the molecule is Cc1c(-c2ccccc2)sc2nc(-c3cccnc3)[nH]c(=O)c12. The smallest absolute Gasteiger partial charge is 0.260 e. The van der Waals surface area contributed by atoms with Crippen LogP contribution in [-0.4, -0.2) is 15.0 Å². The van der Waals surface area contributed by atoms with Crippen LogP contribution in [0, 0.1) is 6.92 Å². The van der Waals surface area contributed by atoms with Crippen LogP contribution in [0.2, 0.25) is 0 Å². The number of aryl methyl sites for hydroxylation is 1. The van der Waals surface area contributed by atoms with E-state index in [0.29, 0.717) is 11.2 Å². The summed E-state index contributed by atoms with van der Waals surface area (Å²) in [5.41, 5.74) is 2.78. The summed E-state index contributed by atoms with van der Waals surface area (Å²) >= 11 is 1.55. The van der Waals surface area contributed by atoms with Gasteiger partial charge in [-0.05, 0) is 30.2 Å². The number of thiophene rings is 1. The fourth-order valence-electron chi connectivity index (χ4n) is 2.65. The summed E-state index contributed by atoms with van der Waals surface area (Å²) in [7, 11) is 0. The lowest BCUT2D eigenvalue weighted by Crippen LogP contribution is -2.09. The number of fused-ring (bicyclic) bond motifs is 1. The molecule has 0 atom stereocenters. The molecule has 0 fully saturated rings. The zero-order valence-corrected chi connectivity index (χ0v) is 13.2. The van der Waals surface area contributed by atoms with Crippen LogP contribution in [-0.2, 0) is 0 Å². The molecule has 4 rings (SSSR count). The first kappa shape index (κ1) is 13.8. The molecule has 0 bridgehead atoms. The summed E-state index contributed by atoms with van der Waals surface area (Å²) in [5, 5.41) is 0.668. The normalized spacial score (nSPS) is 11.0. The summed E-state index contributed by atoms with van der Waals surface area (Å²) in [6, 6.07) is 13.8. The Morgan fingerprint density at radius 3 is 2.57 bits per heavy atom. The lowest BCUT2D eigenvalue weighted by Gasteiger charge is -2.00. The Bertz CT molecular complexity index is 1040. The summed E-state index contributed by atoms with van der Waals surface area (Å²) in [5.74, 6) is 0.552. The van der Waals surface area contributed by atoms with Crippen molar-refractivity contribution < 1.29 is 0 Å². The Morgan fingerprint density at radius 2 is 1.83 bits per heavy atom. The maximum atomic E-state index is 12.5. The molecule has 0 aliphatic carbocycles. The number of benzene rings is 1. The molecule has 1 aromatic carbocycles. The number of rotatable bonds is 2. The summed E-state index contributed by atoms with van der Waals surface area (Å²) < 4.78 is 0. The summed E-state index contributed by atoms with van der Waals surface area (Å²) in [6.07, 6.45) is 3.39. The van der Waals surface area contributed by atoms with E-state index in [1.54, 1.807) is 23.7 Å². The minimum atomic E-state index is -0.107. The van der Waals surface area contributed by atoms with Crippen LogP contribution in [0.15, 0.2) is 59.7 Å². The van der Waals surface area contributed by atoms with E-state index in [9.17, 15) is 4.79 Å². The van der Waals surface area contributed by atoms with E-state index in [0.717, 1.165) is 26.4 Å². The third-order valence-corrected chi connectivity index (χ3v) is 5.01. The zero-order valence-electron chi connectivity index (χ0n) is 12.4. The van der Waals surface area contributed by atoms with Crippen LogP contribution in [0.25, 0.3) is 32.0 Å². The van der Waals surface area contributed by atoms with Crippen molar-refractivity contribution in [2.24, 2.45) is 0 Å². The second-order valence-corrected chi connectivity index (χ2v) is 6.26. The number of pyridine rings is 1. The zero-order chi connectivity index (χ0) is 15.8. The van der Waals surface area contributed by atoms with E-state index in [2.05, 4.69) is 15.0 Å². The predicted octanol–water partition coefficient (Wildman–Crippen LogP) is 4.02. The predicted molar refractivity (Wildman–Crippen MR) is 93.6 cm³/mol. The first-order valence-corrected chi connectivity index (χ1v) is 8.05. The monoisotopic (exact) mass is 319 g/mol. The van der Waals surface area contributed by atoms with Crippen molar-refractivity contribution in [3.05, 3.63) is 70.8 Å². The van der Waals surface area contributed by atoms with Crippen molar-refractivity contribution in [2.75, 3.05) is 0 Å². The second-order valence-electron chi connectivity index (χ2n) is 5.26. The Labute approximate surface area is 136 Å². The minimum Gasteiger partial charge on any atom is -0.306 e. The Hall–Kier alpha value is -2.79. The molecule has 0 saturated heterocycles. The van der Waals surface area contributed by atoms with Crippen LogP contribution in [0.5, 0.6) is 0 Å². The molecule has 3 heterocycles. The average Bonchev–Trinajstić information content (AvgIpc) is 2.94. The van der Waals surface area contributed by atoms with E-state index in [-0.39, 0.29) is 5.56 Å². The molecule has 0 saturated carbocycles. The molecular weight excluding hydrogens is 306 g/mol. The number of nitrogens with one attached hydrogen (secondary N) is 1. The van der Waals surface area contributed by atoms with Gasteiger partial charge in [0.15, 0.2) is 0 Å². The Balaban J connectivity index is 1.97. The van der Waals surface area contributed by atoms with Crippen LogP contribution in [0.3, 0.4) is 0 Å². The molecule has 3 aromatic heterocycles. The van der Waals surface area contributed by atoms with Gasteiger partial charge in [-0.1, -0.05) is 30.3 Å². The van der Waals surface area contributed by atoms with Crippen LogP contribution >= 0.6 is 11.3 Å². The first-order valence-electron chi connectivity index (χ1n) is 7.23. The number of aromatic amines is 1. The third-order valence-electron chi connectivity index (χ3n) is 3.77. The number of H-pyrrole nitrogens is 1. The molecule has 112 valence electrons. The third kappa shape index (κ3) is 2.35. The topological polar surface area (TPSA) is 58.6 Å². The largest absolute Gasteiger partial charge is 0.306 e. The lowest BCUT2D eigenvalue weighted by atomic mass is 10.1. The molecule has 1 N–H and O–H groups in total. The maximum Gasteiger partial charge on any atom is 0.260 e. The molecule has 0 aliphatic rings. The molecule has 23 heavy (non-hydrogen) atoms. The van der Waals surface area contributed by atoms with Crippen molar-refractivity contribution >= 4 is 21.6 Å². The van der Waals surface area contributed by atoms with E-state index in [1.165, 1.54) is 0 Å². The second kappa shape index (κ2) is 5.44. The summed E-state index contributed by atoms with van der Waals surface area (Å²) in [6.45, 7) is 1.97. The van der Waals surface area contributed by atoms with Crippen molar-refractivity contribution in [3.8, 4) is 21.8 Å². The fraction of sp³-hybridized carbons (Fsp3) is 0.0556. The van der Waals surface area contributed by atoms with Gasteiger partial charge in [0, 0.05) is 22.8 Å². The molecule has 0 spiro atoms. The molecule has 5 heteroatoms. The van der Waals surface area contributed by atoms with E-state index < -0.39 is 0 Å². The van der Waals surface area contributed by atoms with Gasteiger partial charge in [0.05, 0.1) is 5.39 Å². The van der Waals surface area contributed by atoms with E-state index >= 15 is 0 Å². The number of hydrogen-bond donors (Lipinski definition) is 1. The van der Waals surface area contributed by atoms with E-state index in [4.69, 9.17) is 0 Å². The number of nitrogens with zero attached hydrogens (tertiary/aromatic N) is 2. The van der Waals surface area contributed by atoms with Gasteiger partial charge in [-0.3, -0.25) is 9.78 Å². The van der Waals surface area contributed by atoms with Crippen molar-refractivity contribution in [1.29, 1.82) is 0 Å². The molecule has 0 aliphatic heterocycles. The van der Waals surface area contributed by atoms with Gasteiger partial charge in [-0.15, -0.1) is 11.3 Å². The molecular formula is C18H13N3OS. The fourth-order valence-corrected chi connectivity index (χ4v) is 3.84. The van der Waals surface area contributed by atoms with Crippen LogP contribution in [0.1, 0.15) is 5.56 Å². The van der Waals surface area contributed by atoms with Gasteiger partial charge in [0.1, 0.15) is 10.7 Å². The van der Waals surface area contributed by atoms with Gasteiger partial charge in [-0.2, -0.15) is 0 Å². The maximum absolute atomic E-state index is 12.5.